The number of unbranched alkanes of at least 4 members (excludes halogenated alkanes) is 1. The molecule has 2 aromatic heterocycles. The van der Waals surface area contributed by atoms with Gasteiger partial charge in [0.1, 0.15) is 17.5 Å². The Morgan fingerprint density at radius 1 is 0.964 bits per heavy atom. The third-order valence-corrected chi connectivity index (χ3v) is 12.0. The van der Waals surface area contributed by atoms with E-state index < -0.39 is 6.04 Å². The Morgan fingerprint density at radius 3 is 2.49 bits per heavy atom. The summed E-state index contributed by atoms with van der Waals surface area (Å²) in [5.74, 6) is 0.714. The summed E-state index contributed by atoms with van der Waals surface area (Å²) in [5.41, 5.74) is 5.68. The van der Waals surface area contributed by atoms with Crippen LogP contribution in [0.4, 0.5) is 5.69 Å². The zero-order valence-electron chi connectivity index (χ0n) is 32.1. The van der Waals surface area contributed by atoms with Crippen LogP contribution >= 0.6 is 0 Å². The Hall–Kier alpha value is -5.27. The standard InChI is InChI=1S/C42H49N7O6/c1-45(22-34-36(54-3)17-28(18-37(34)55-4)33-23-46(2)40(52)32-20-43-13-11-30(32)33)14-5-6-15-47-24-42(25-47)12-16-48(26-42)29-8-7-27-21-49(41(53)31(27)19-29)35-9-10-38(50)44-39(35)51/h7-8,11,13,17-20,23,35H,5-6,9-10,12,14-16,21-22,24-26H2,1-4H3,(H,44,50,51). The summed E-state index contributed by atoms with van der Waals surface area (Å²) >= 11 is 0. The second kappa shape index (κ2) is 14.8. The normalized spacial score (nSPS) is 19.4. The Balaban J connectivity index is 0.820. The number of carbonyl (C=O) groups is 3. The number of methoxy groups -OCH3 is 2. The minimum Gasteiger partial charge on any atom is -0.496 e. The molecule has 0 radical (unpaired) electrons. The monoisotopic (exact) mass is 747 g/mol. The quantitative estimate of drug-likeness (QED) is 0.169. The number of nitrogens with zero attached hydrogens (tertiary/aromatic N) is 6. The molecule has 2 aromatic carbocycles. The summed E-state index contributed by atoms with van der Waals surface area (Å²) in [6.45, 7) is 7.23. The van der Waals surface area contributed by atoms with Gasteiger partial charge in [-0.3, -0.25) is 29.5 Å². The van der Waals surface area contributed by atoms with E-state index in [-0.39, 0.29) is 35.1 Å². The van der Waals surface area contributed by atoms with Crippen molar-refractivity contribution < 1.29 is 23.9 Å². The molecule has 1 atom stereocenters. The summed E-state index contributed by atoms with van der Waals surface area (Å²) in [6.07, 6.45) is 9.13. The van der Waals surface area contributed by atoms with Crippen LogP contribution in [-0.2, 0) is 29.7 Å². The van der Waals surface area contributed by atoms with Gasteiger partial charge >= 0.3 is 0 Å². The first-order valence-corrected chi connectivity index (χ1v) is 19.2. The van der Waals surface area contributed by atoms with Crippen LogP contribution in [0.3, 0.4) is 0 Å². The van der Waals surface area contributed by atoms with Crippen molar-refractivity contribution in [2.24, 2.45) is 12.5 Å². The molecule has 4 aliphatic rings. The lowest BCUT2D eigenvalue weighted by molar-refractivity contribution is -0.136. The maximum atomic E-state index is 13.4. The predicted molar refractivity (Wildman–Crippen MR) is 209 cm³/mol. The first-order valence-electron chi connectivity index (χ1n) is 19.2. The fourth-order valence-corrected chi connectivity index (χ4v) is 9.12. The minimum atomic E-state index is -0.595. The Labute approximate surface area is 320 Å². The van der Waals surface area contributed by atoms with E-state index in [2.05, 4.69) is 38.1 Å². The van der Waals surface area contributed by atoms with E-state index in [0.29, 0.717) is 30.5 Å². The lowest BCUT2D eigenvalue weighted by Crippen LogP contribution is -2.57. The summed E-state index contributed by atoms with van der Waals surface area (Å²) in [4.78, 5) is 63.3. The van der Waals surface area contributed by atoms with Crippen molar-refractivity contribution in [2.75, 3.05) is 65.4 Å². The zero-order valence-corrected chi connectivity index (χ0v) is 32.1. The number of carbonyl (C=O) groups excluding carboxylic acids is 3. The van der Waals surface area contributed by atoms with Crippen LogP contribution in [0.2, 0.25) is 0 Å². The van der Waals surface area contributed by atoms with Gasteiger partial charge in [0, 0.05) is 93.6 Å². The number of imide groups is 1. The predicted octanol–water partition coefficient (Wildman–Crippen LogP) is 3.80. The van der Waals surface area contributed by atoms with Crippen molar-refractivity contribution in [3.05, 3.63) is 82.0 Å². The Morgan fingerprint density at radius 2 is 1.75 bits per heavy atom. The van der Waals surface area contributed by atoms with Crippen molar-refractivity contribution in [2.45, 2.75) is 51.2 Å². The molecule has 0 aliphatic carbocycles. The van der Waals surface area contributed by atoms with Crippen molar-refractivity contribution in [3.63, 3.8) is 0 Å². The number of hydrogen-bond acceptors (Lipinski definition) is 10. The van der Waals surface area contributed by atoms with E-state index >= 15 is 0 Å². The zero-order chi connectivity index (χ0) is 38.4. The molecule has 3 amide bonds. The van der Waals surface area contributed by atoms with Crippen LogP contribution in [0.15, 0.2) is 59.8 Å². The van der Waals surface area contributed by atoms with Gasteiger partial charge in [-0.1, -0.05) is 6.07 Å². The Kier molecular flexibility index (Phi) is 9.85. The average Bonchev–Trinajstić information content (AvgIpc) is 3.76. The fourth-order valence-electron chi connectivity index (χ4n) is 9.12. The fraction of sp³-hybridized carbons (Fsp3) is 0.452. The summed E-state index contributed by atoms with van der Waals surface area (Å²) in [6, 6.07) is 11.5. The molecule has 1 N–H and O–H groups in total. The summed E-state index contributed by atoms with van der Waals surface area (Å²) in [7, 11) is 7.24. The molecule has 55 heavy (non-hydrogen) atoms. The molecule has 4 aliphatic heterocycles. The number of aromatic nitrogens is 2. The highest BCUT2D eigenvalue weighted by atomic mass is 16.5. The number of aryl methyl sites for hydroxylation is 1. The Bertz CT molecular complexity index is 2200. The number of piperidine rings is 1. The molecule has 0 saturated carbocycles. The van der Waals surface area contributed by atoms with Gasteiger partial charge in [-0.2, -0.15) is 0 Å². The van der Waals surface area contributed by atoms with Crippen LogP contribution in [0.5, 0.6) is 11.5 Å². The van der Waals surface area contributed by atoms with Gasteiger partial charge in [0.05, 0.1) is 25.2 Å². The molecule has 3 saturated heterocycles. The van der Waals surface area contributed by atoms with Gasteiger partial charge in [-0.25, -0.2) is 0 Å². The number of amides is 3. The molecular weight excluding hydrogens is 699 g/mol. The molecule has 3 fully saturated rings. The molecule has 13 nitrogen and oxygen atoms in total. The number of hydrogen-bond donors (Lipinski definition) is 1. The van der Waals surface area contributed by atoms with Gasteiger partial charge in [-0.15, -0.1) is 0 Å². The van der Waals surface area contributed by atoms with Gasteiger partial charge in [0.2, 0.25) is 11.8 Å². The number of anilines is 1. The molecule has 8 rings (SSSR count). The third-order valence-electron chi connectivity index (χ3n) is 12.0. The second-order valence-corrected chi connectivity index (χ2v) is 15.8. The SMILES string of the molecule is COc1cc(-c2cn(C)c(=O)c3cnccc23)cc(OC)c1CN(C)CCCCN1CC2(CCN(c3ccc4c(c3)C(=O)N(C3CCC(=O)NC3=O)C4)C2)C1. The molecule has 288 valence electrons. The van der Waals surface area contributed by atoms with Gasteiger partial charge in [0.25, 0.3) is 11.5 Å². The highest BCUT2D eigenvalue weighted by Gasteiger charge is 2.47. The number of likely N-dealkylation sites (tertiary alicyclic amines) is 1. The number of fused-ring (bicyclic) bond motifs is 2. The number of rotatable bonds is 12. The van der Waals surface area contributed by atoms with Crippen molar-refractivity contribution in [3.8, 4) is 22.6 Å². The first kappa shape index (κ1) is 36.7. The van der Waals surface area contributed by atoms with E-state index in [9.17, 15) is 19.2 Å². The summed E-state index contributed by atoms with van der Waals surface area (Å²) < 4.78 is 13.4. The summed E-state index contributed by atoms with van der Waals surface area (Å²) in [5, 5.41) is 3.79. The largest absolute Gasteiger partial charge is 0.496 e. The topological polar surface area (TPSA) is 130 Å². The van der Waals surface area contributed by atoms with E-state index in [1.165, 1.54) is 0 Å². The van der Waals surface area contributed by atoms with Crippen molar-refractivity contribution in [1.29, 1.82) is 0 Å². The maximum Gasteiger partial charge on any atom is 0.259 e. The lowest BCUT2D eigenvalue weighted by atomic mass is 9.79. The first-order chi connectivity index (χ1) is 26.6. The molecule has 1 unspecified atom stereocenters. The van der Waals surface area contributed by atoms with Crippen LogP contribution in [-0.4, -0.2) is 109 Å². The molecule has 1 spiro atoms. The smallest absolute Gasteiger partial charge is 0.259 e. The van der Waals surface area contributed by atoms with E-state index in [1.807, 2.05) is 36.5 Å². The highest BCUT2D eigenvalue weighted by molar-refractivity contribution is 6.05. The molecule has 4 aromatic rings. The number of pyridine rings is 2. The van der Waals surface area contributed by atoms with Crippen molar-refractivity contribution >= 4 is 34.2 Å². The average molecular weight is 748 g/mol. The number of ether oxygens (including phenoxy) is 2. The van der Waals surface area contributed by atoms with Gasteiger partial charge < -0.3 is 33.6 Å². The molecule has 13 heteroatoms. The van der Waals surface area contributed by atoms with E-state index in [1.54, 1.807) is 43.1 Å². The molecule has 0 bridgehead atoms. The third kappa shape index (κ3) is 6.95. The maximum absolute atomic E-state index is 13.4. The molecular formula is C42H49N7O6. The van der Waals surface area contributed by atoms with Gasteiger partial charge in [-0.05, 0) is 92.7 Å². The minimum absolute atomic E-state index is 0.0860. The van der Waals surface area contributed by atoms with Crippen LogP contribution in [0.1, 0.15) is 53.6 Å². The van der Waals surface area contributed by atoms with Crippen molar-refractivity contribution in [1.82, 2.24) is 29.6 Å². The van der Waals surface area contributed by atoms with E-state index in [0.717, 1.165) is 103 Å². The lowest BCUT2D eigenvalue weighted by Gasteiger charge is -2.48. The van der Waals surface area contributed by atoms with Gasteiger partial charge in [0.15, 0.2) is 0 Å². The van der Waals surface area contributed by atoms with E-state index in [4.69, 9.17) is 9.47 Å². The number of nitrogens with one attached hydrogen (secondary N) is 1. The number of benzene rings is 2. The highest BCUT2D eigenvalue weighted by Crippen LogP contribution is 2.42. The van der Waals surface area contributed by atoms with Crippen LogP contribution in [0, 0.1) is 5.41 Å². The van der Waals surface area contributed by atoms with Crippen LogP contribution < -0.4 is 25.2 Å². The molecule has 6 heterocycles. The van der Waals surface area contributed by atoms with Crippen LogP contribution in [0.25, 0.3) is 21.9 Å². The second-order valence-electron chi connectivity index (χ2n) is 15.8.